The van der Waals surface area contributed by atoms with E-state index in [4.69, 9.17) is 0 Å². The van der Waals surface area contributed by atoms with Gasteiger partial charge in [-0.05, 0) is 91.9 Å². The monoisotopic (exact) mass is 770 g/mol. The molecule has 1 aromatic heterocycles. The van der Waals surface area contributed by atoms with Crippen molar-refractivity contribution in [2.75, 3.05) is 4.90 Å². The molecule has 60 heavy (non-hydrogen) atoms. The van der Waals surface area contributed by atoms with Crippen LogP contribution in [-0.4, -0.2) is 4.57 Å². The van der Waals surface area contributed by atoms with Gasteiger partial charge in [0.2, 0.25) is 0 Å². The highest BCUT2D eigenvalue weighted by molar-refractivity contribution is 6.12. The lowest BCUT2D eigenvalue weighted by atomic mass is 9.92. The summed E-state index contributed by atoms with van der Waals surface area (Å²) in [6.07, 6.45) is 0. The molecule has 2 nitrogen and oxygen atoms in total. The Bertz CT molecular complexity index is 3060. The maximum absolute atomic E-state index is 2.54. The van der Waals surface area contributed by atoms with Crippen molar-refractivity contribution < 1.29 is 0 Å². The zero-order valence-electron chi connectivity index (χ0n) is 34.5. The summed E-state index contributed by atoms with van der Waals surface area (Å²) in [6, 6.07) is 75.7. The minimum absolute atomic E-state index is 1.08. The van der Waals surface area contributed by atoms with Crippen molar-refractivity contribution in [2.45, 2.75) is 27.7 Å². The molecule has 0 saturated carbocycles. The zero-order valence-corrected chi connectivity index (χ0v) is 34.5. The number of hydrogen-bond acceptors (Lipinski definition) is 1. The molecule has 10 aromatic rings. The molecule has 10 rings (SSSR count). The Morgan fingerprint density at radius 3 is 1.43 bits per heavy atom. The molecular weight excluding hydrogens is 725 g/mol. The molecule has 2 heteroatoms. The van der Waals surface area contributed by atoms with E-state index < -0.39 is 0 Å². The van der Waals surface area contributed by atoms with Gasteiger partial charge in [-0.1, -0.05) is 192 Å². The van der Waals surface area contributed by atoms with E-state index in [2.05, 4.69) is 243 Å². The van der Waals surface area contributed by atoms with Gasteiger partial charge in [-0.3, -0.25) is 0 Å². The second kappa shape index (κ2) is 15.4. The van der Waals surface area contributed by atoms with Crippen molar-refractivity contribution in [1.82, 2.24) is 4.57 Å². The van der Waals surface area contributed by atoms with Crippen LogP contribution in [0.2, 0.25) is 0 Å². The fourth-order valence-electron chi connectivity index (χ4n) is 9.24. The Morgan fingerprint density at radius 1 is 0.317 bits per heavy atom. The van der Waals surface area contributed by atoms with Crippen LogP contribution >= 0.6 is 0 Å². The number of benzene rings is 9. The molecule has 0 bridgehead atoms. The third-order valence-electron chi connectivity index (χ3n) is 11.7. The number of aromatic nitrogens is 1. The Labute approximate surface area is 353 Å². The minimum atomic E-state index is 1.08. The Balaban J connectivity index is 1.27. The molecule has 1 heterocycles. The van der Waals surface area contributed by atoms with Crippen LogP contribution in [0.25, 0.3) is 72.0 Å². The van der Waals surface area contributed by atoms with E-state index in [-0.39, 0.29) is 0 Å². The third kappa shape index (κ3) is 6.76. The summed E-state index contributed by atoms with van der Waals surface area (Å²) in [5, 5.41) is 2.44. The van der Waals surface area contributed by atoms with Crippen LogP contribution in [0.5, 0.6) is 0 Å². The number of anilines is 3. The number of rotatable bonds is 8. The van der Waals surface area contributed by atoms with Crippen molar-refractivity contribution in [1.29, 1.82) is 0 Å². The zero-order chi connectivity index (χ0) is 40.7. The average Bonchev–Trinajstić information content (AvgIpc) is 3.60. The first-order chi connectivity index (χ1) is 29.4. The third-order valence-corrected chi connectivity index (χ3v) is 11.7. The molecule has 0 aliphatic heterocycles. The highest BCUT2D eigenvalue weighted by Crippen LogP contribution is 2.46. The first kappa shape index (κ1) is 36.9. The number of nitrogens with zero attached hydrogens (tertiary/aromatic N) is 2. The van der Waals surface area contributed by atoms with Crippen LogP contribution in [0, 0.1) is 27.7 Å². The van der Waals surface area contributed by atoms with Crippen LogP contribution in [0.4, 0.5) is 17.1 Å². The molecule has 0 saturated heterocycles. The highest BCUT2D eigenvalue weighted by Gasteiger charge is 2.23. The lowest BCUT2D eigenvalue weighted by Gasteiger charge is -2.28. The molecule has 9 aromatic carbocycles. The van der Waals surface area contributed by atoms with Gasteiger partial charge in [0.05, 0.1) is 22.4 Å². The van der Waals surface area contributed by atoms with Crippen LogP contribution in [0.15, 0.2) is 206 Å². The van der Waals surface area contributed by atoms with Gasteiger partial charge in [-0.15, -0.1) is 0 Å². The fourth-order valence-corrected chi connectivity index (χ4v) is 9.24. The molecular formula is C58H46N2. The Morgan fingerprint density at radius 2 is 0.800 bits per heavy atom. The van der Waals surface area contributed by atoms with Crippen molar-refractivity contribution >= 4 is 38.9 Å². The minimum Gasteiger partial charge on any atom is -0.310 e. The average molecular weight is 771 g/mol. The number of hydrogen-bond donors (Lipinski definition) is 0. The predicted molar refractivity (Wildman–Crippen MR) is 256 cm³/mol. The van der Waals surface area contributed by atoms with Crippen LogP contribution in [0.3, 0.4) is 0 Å². The molecule has 0 amide bonds. The molecule has 0 fully saturated rings. The summed E-state index contributed by atoms with van der Waals surface area (Å²) in [4.78, 5) is 2.43. The normalized spacial score (nSPS) is 11.3. The molecule has 0 N–H and O–H groups in total. The van der Waals surface area contributed by atoms with Crippen molar-refractivity contribution in [3.8, 4) is 50.2 Å². The maximum Gasteiger partial charge on any atom is 0.0618 e. The first-order valence-corrected chi connectivity index (χ1v) is 20.8. The second-order valence-corrected chi connectivity index (χ2v) is 16.1. The topological polar surface area (TPSA) is 8.17 Å². The van der Waals surface area contributed by atoms with E-state index in [1.54, 1.807) is 0 Å². The molecule has 0 radical (unpaired) electrons. The van der Waals surface area contributed by atoms with Crippen molar-refractivity contribution in [2.24, 2.45) is 0 Å². The summed E-state index contributed by atoms with van der Waals surface area (Å²) >= 11 is 0. The summed E-state index contributed by atoms with van der Waals surface area (Å²) in [5.41, 5.74) is 21.4. The van der Waals surface area contributed by atoms with Crippen molar-refractivity contribution in [3.63, 3.8) is 0 Å². The van der Waals surface area contributed by atoms with Gasteiger partial charge in [0.15, 0.2) is 0 Å². The van der Waals surface area contributed by atoms with Crippen LogP contribution in [-0.2, 0) is 0 Å². The number of fused-ring (bicyclic) bond motifs is 3. The molecule has 0 unspecified atom stereocenters. The summed E-state index contributed by atoms with van der Waals surface area (Å²) in [6.45, 7) is 8.80. The summed E-state index contributed by atoms with van der Waals surface area (Å²) < 4.78 is 2.54. The SMILES string of the molecule is Cc1cc(C)cc(-c2cccc(-c3cc(C)cc(C)c3)c2-n2c3ccccc3c3ccc(N(c4ccc(-c5ccccc5)cc4)c4ccccc4-c4ccccc4)cc32)c1. The highest BCUT2D eigenvalue weighted by atomic mass is 15.1. The molecule has 0 spiro atoms. The largest absolute Gasteiger partial charge is 0.310 e. The maximum atomic E-state index is 2.54. The summed E-state index contributed by atoms with van der Waals surface area (Å²) in [5.74, 6) is 0. The molecule has 288 valence electrons. The van der Waals surface area contributed by atoms with Crippen LogP contribution in [0.1, 0.15) is 22.3 Å². The van der Waals surface area contributed by atoms with E-state index in [9.17, 15) is 0 Å². The second-order valence-electron chi connectivity index (χ2n) is 16.1. The number of para-hydroxylation sites is 3. The molecule has 0 atom stereocenters. The molecule has 0 aliphatic rings. The predicted octanol–water partition coefficient (Wildman–Crippen LogP) is 16.2. The van der Waals surface area contributed by atoms with Gasteiger partial charge in [-0.2, -0.15) is 0 Å². The van der Waals surface area contributed by atoms with Gasteiger partial charge in [0.25, 0.3) is 0 Å². The standard InChI is InChI=1S/C58H46N2/c1-39-32-40(2)35-46(34-39)51-22-15-23-52(47-36-41(3)33-42(4)37-47)58(51)60-56-25-14-12-21-53(56)54-31-30-49(38-57(54)60)59(48-28-26-44(27-29-48)43-16-7-5-8-17-43)55-24-13-11-20-50(55)45-18-9-6-10-19-45/h5-38H,1-4H3. The van der Waals surface area contributed by atoms with E-state index in [0.717, 1.165) is 22.6 Å². The number of aryl methyl sites for hydroxylation is 4. The first-order valence-electron chi connectivity index (χ1n) is 20.8. The van der Waals surface area contributed by atoms with Gasteiger partial charge in [-0.25, -0.2) is 0 Å². The van der Waals surface area contributed by atoms with E-state index in [1.165, 1.54) is 88.7 Å². The molecule has 0 aliphatic carbocycles. The van der Waals surface area contributed by atoms with Gasteiger partial charge in [0.1, 0.15) is 0 Å². The lowest BCUT2D eigenvalue weighted by Crippen LogP contribution is -2.11. The van der Waals surface area contributed by atoms with Gasteiger partial charge >= 0.3 is 0 Å². The fraction of sp³-hybridized carbons (Fsp3) is 0.0690. The van der Waals surface area contributed by atoms with Gasteiger partial charge in [0, 0.05) is 38.8 Å². The van der Waals surface area contributed by atoms with Gasteiger partial charge < -0.3 is 9.47 Å². The summed E-state index contributed by atoms with van der Waals surface area (Å²) in [7, 11) is 0. The van der Waals surface area contributed by atoms with E-state index in [1.807, 2.05) is 0 Å². The Kier molecular flexibility index (Phi) is 9.47. The Hall–Kier alpha value is -7.42. The van der Waals surface area contributed by atoms with E-state index >= 15 is 0 Å². The van der Waals surface area contributed by atoms with E-state index in [0.29, 0.717) is 0 Å². The quantitative estimate of drug-likeness (QED) is 0.149. The van der Waals surface area contributed by atoms with Crippen molar-refractivity contribution in [3.05, 3.63) is 229 Å². The smallest absolute Gasteiger partial charge is 0.0618 e. The van der Waals surface area contributed by atoms with Crippen LogP contribution < -0.4 is 4.90 Å². The lowest BCUT2D eigenvalue weighted by molar-refractivity contribution is 1.18.